The van der Waals surface area contributed by atoms with Gasteiger partial charge in [-0.3, -0.25) is 9.69 Å². The molecule has 1 fully saturated rings. The molecule has 0 N–H and O–H groups in total. The number of likely N-dealkylation sites (N-methyl/N-ethyl adjacent to an activating group) is 1. The lowest BCUT2D eigenvalue weighted by Gasteiger charge is -2.34. The lowest BCUT2D eigenvalue weighted by atomic mass is 9.97. The number of rotatable bonds is 7. The predicted molar refractivity (Wildman–Crippen MR) is 130 cm³/mol. The number of aryl methyl sites for hydroxylation is 1. The molecular weight excluding hydrogens is 416 g/mol. The molecule has 0 bridgehead atoms. The second kappa shape index (κ2) is 10.4. The standard InChI is InChI=1S/C26H34N4O3/c1-5-28-12-14-29(15-13-28)18-26(31)30-24(22-11-10-21(32-3)16-25(22)33-4)17-23(27-30)20-8-6-19(2)7-9-20/h6-11,16,24H,5,12-15,17-18H2,1-4H3/t24-/m1/s1. The highest BCUT2D eigenvalue weighted by Crippen LogP contribution is 2.39. The molecule has 7 heteroatoms. The highest BCUT2D eigenvalue weighted by atomic mass is 16.5. The van der Waals surface area contributed by atoms with Crippen LogP contribution in [0.1, 0.15) is 36.1 Å². The molecule has 7 nitrogen and oxygen atoms in total. The summed E-state index contributed by atoms with van der Waals surface area (Å²) in [4.78, 5) is 18.1. The summed E-state index contributed by atoms with van der Waals surface area (Å²) in [5.74, 6) is 1.44. The molecular formula is C26H34N4O3. The first-order valence-corrected chi connectivity index (χ1v) is 11.7. The SMILES string of the molecule is CCN1CCN(CC(=O)N2N=C(c3ccc(C)cc3)C[C@@H]2c2ccc(OC)cc2OC)CC1. The minimum atomic E-state index is -0.216. The van der Waals surface area contributed by atoms with Crippen molar-refractivity contribution in [1.29, 1.82) is 0 Å². The van der Waals surface area contributed by atoms with Crippen molar-refractivity contribution in [1.82, 2.24) is 14.8 Å². The number of hydrogen-bond acceptors (Lipinski definition) is 6. The Bertz CT molecular complexity index is 997. The zero-order chi connectivity index (χ0) is 23.4. The lowest BCUT2D eigenvalue weighted by molar-refractivity contribution is -0.134. The smallest absolute Gasteiger partial charge is 0.257 e. The Kier molecular flexibility index (Phi) is 7.30. The van der Waals surface area contributed by atoms with Crippen LogP contribution in [0.4, 0.5) is 0 Å². The summed E-state index contributed by atoms with van der Waals surface area (Å²) in [6.45, 7) is 9.47. The van der Waals surface area contributed by atoms with Gasteiger partial charge >= 0.3 is 0 Å². The second-order valence-corrected chi connectivity index (χ2v) is 8.69. The highest BCUT2D eigenvalue weighted by molar-refractivity contribution is 6.03. The van der Waals surface area contributed by atoms with E-state index in [1.807, 2.05) is 18.2 Å². The Morgan fingerprint density at radius 1 is 1.00 bits per heavy atom. The molecule has 4 rings (SSSR count). The first-order chi connectivity index (χ1) is 16.0. The van der Waals surface area contributed by atoms with Gasteiger partial charge in [0.2, 0.25) is 0 Å². The quantitative estimate of drug-likeness (QED) is 0.648. The average Bonchev–Trinajstić information content (AvgIpc) is 3.30. The molecule has 176 valence electrons. The van der Waals surface area contributed by atoms with Gasteiger partial charge in [0.1, 0.15) is 11.5 Å². The maximum Gasteiger partial charge on any atom is 0.257 e. The van der Waals surface area contributed by atoms with E-state index in [9.17, 15) is 4.79 Å². The van der Waals surface area contributed by atoms with Crippen molar-refractivity contribution < 1.29 is 14.3 Å². The van der Waals surface area contributed by atoms with Gasteiger partial charge in [-0.1, -0.05) is 36.8 Å². The Hall–Kier alpha value is -2.90. The molecule has 0 unspecified atom stereocenters. The maximum atomic E-state index is 13.5. The first-order valence-electron chi connectivity index (χ1n) is 11.7. The van der Waals surface area contributed by atoms with Crippen LogP contribution in [0.25, 0.3) is 0 Å². The number of nitrogens with zero attached hydrogens (tertiary/aromatic N) is 4. The van der Waals surface area contributed by atoms with Crippen LogP contribution in [0.2, 0.25) is 0 Å². The fourth-order valence-electron chi connectivity index (χ4n) is 4.52. The van der Waals surface area contributed by atoms with E-state index in [2.05, 4.69) is 47.9 Å². The Balaban J connectivity index is 1.60. The fourth-order valence-corrected chi connectivity index (χ4v) is 4.52. The zero-order valence-electron chi connectivity index (χ0n) is 20.1. The van der Waals surface area contributed by atoms with Gasteiger partial charge in [-0.25, -0.2) is 5.01 Å². The molecule has 1 atom stereocenters. The molecule has 2 heterocycles. The van der Waals surface area contributed by atoms with E-state index < -0.39 is 0 Å². The number of hydrazone groups is 1. The topological polar surface area (TPSA) is 57.6 Å². The van der Waals surface area contributed by atoms with E-state index >= 15 is 0 Å². The normalized spacial score (nSPS) is 19.5. The molecule has 1 amide bonds. The molecule has 33 heavy (non-hydrogen) atoms. The summed E-state index contributed by atoms with van der Waals surface area (Å²) in [6.07, 6.45) is 0.640. The first kappa shape index (κ1) is 23.3. The number of piperazine rings is 1. The summed E-state index contributed by atoms with van der Waals surface area (Å²) >= 11 is 0. The summed E-state index contributed by atoms with van der Waals surface area (Å²) in [7, 11) is 3.28. The third kappa shape index (κ3) is 5.20. The van der Waals surface area contributed by atoms with Crippen LogP contribution in [0.5, 0.6) is 11.5 Å². The van der Waals surface area contributed by atoms with E-state index in [1.165, 1.54) is 5.56 Å². The Labute approximate surface area is 196 Å². The van der Waals surface area contributed by atoms with E-state index in [4.69, 9.17) is 14.6 Å². The fraction of sp³-hybridized carbons (Fsp3) is 0.462. The van der Waals surface area contributed by atoms with Gasteiger partial charge in [0.25, 0.3) is 5.91 Å². The number of methoxy groups -OCH3 is 2. The maximum absolute atomic E-state index is 13.5. The molecule has 1 saturated heterocycles. The Morgan fingerprint density at radius 3 is 2.33 bits per heavy atom. The van der Waals surface area contributed by atoms with Gasteiger partial charge in [0.15, 0.2) is 0 Å². The summed E-state index contributed by atoms with van der Waals surface area (Å²) in [6, 6.07) is 13.9. The molecule has 2 aliphatic rings. The number of ether oxygens (including phenoxy) is 2. The summed E-state index contributed by atoms with van der Waals surface area (Å²) in [5.41, 5.74) is 4.10. The van der Waals surface area contributed by atoms with E-state index in [-0.39, 0.29) is 11.9 Å². The molecule has 0 saturated carbocycles. The van der Waals surface area contributed by atoms with Crippen molar-refractivity contribution in [2.24, 2.45) is 5.10 Å². The van der Waals surface area contributed by atoms with Crippen LogP contribution in [0, 0.1) is 6.92 Å². The van der Waals surface area contributed by atoms with Gasteiger partial charge in [-0.05, 0) is 31.2 Å². The molecule has 2 aromatic rings. The van der Waals surface area contributed by atoms with Crippen molar-refractivity contribution in [2.45, 2.75) is 26.3 Å². The van der Waals surface area contributed by atoms with Crippen molar-refractivity contribution in [3.63, 3.8) is 0 Å². The number of carbonyl (C=O) groups is 1. The van der Waals surface area contributed by atoms with Crippen LogP contribution < -0.4 is 9.47 Å². The summed E-state index contributed by atoms with van der Waals surface area (Å²) < 4.78 is 11.0. The second-order valence-electron chi connectivity index (χ2n) is 8.69. The number of amides is 1. The highest BCUT2D eigenvalue weighted by Gasteiger charge is 2.35. The van der Waals surface area contributed by atoms with Crippen LogP contribution in [0.15, 0.2) is 47.6 Å². The van der Waals surface area contributed by atoms with Gasteiger partial charge in [0, 0.05) is 44.2 Å². The molecule has 0 radical (unpaired) electrons. The third-order valence-corrected chi connectivity index (χ3v) is 6.62. The van der Waals surface area contributed by atoms with Crippen molar-refractivity contribution in [3.8, 4) is 11.5 Å². The monoisotopic (exact) mass is 450 g/mol. The number of hydrogen-bond donors (Lipinski definition) is 0. The predicted octanol–water partition coefficient (Wildman–Crippen LogP) is 3.33. The minimum absolute atomic E-state index is 0.0185. The van der Waals surface area contributed by atoms with Gasteiger partial charge in [-0.2, -0.15) is 5.10 Å². The van der Waals surface area contributed by atoms with E-state index in [0.717, 1.165) is 55.3 Å². The van der Waals surface area contributed by atoms with Gasteiger partial charge < -0.3 is 14.4 Å². The van der Waals surface area contributed by atoms with Crippen molar-refractivity contribution in [3.05, 3.63) is 59.2 Å². The lowest BCUT2D eigenvalue weighted by Crippen LogP contribution is -2.49. The number of benzene rings is 2. The van der Waals surface area contributed by atoms with E-state index in [1.54, 1.807) is 19.2 Å². The van der Waals surface area contributed by atoms with Crippen molar-refractivity contribution in [2.75, 3.05) is 53.5 Å². The van der Waals surface area contributed by atoms with Gasteiger partial charge in [0.05, 0.1) is 32.5 Å². The van der Waals surface area contributed by atoms with Gasteiger partial charge in [-0.15, -0.1) is 0 Å². The van der Waals surface area contributed by atoms with E-state index in [0.29, 0.717) is 18.7 Å². The molecule has 0 aromatic heterocycles. The Morgan fingerprint density at radius 2 is 1.70 bits per heavy atom. The molecule has 0 spiro atoms. The molecule has 2 aliphatic heterocycles. The molecule has 2 aromatic carbocycles. The molecule has 0 aliphatic carbocycles. The zero-order valence-corrected chi connectivity index (χ0v) is 20.1. The third-order valence-electron chi connectivity index (χ3n) is 6.62. The average molecular weight is 451 g/mol. The van der Waals surface area contributed by atoms with Crippen LogP contribution in [-0.4, -0.2) is 79.9 Å². The van der Waals surface area contributed by atoms with Crippen molar-refractivity contribution >= 4 is 11.6 Å². The van der Waals surface area contributed by atoms with Crippen LogP contribution in [-0.2, 0) is 4.79 Å². The summed E-state index contributed by atoms with van der Waals surface area (Å²) in [5, 5.41) is 6.51. The minimum Gasteiger partial charge on any atom is -0.497 e. The number of carbonyl (C=O) groups excluding carboxylic acids is 1. The largest absolute Gasteiger partial charge is 0.497 e. The van der Waals surface area contributed by atoms with Crippen LogP contribution >= 0.6 is 0 Å². The van der Waals surface area contributed by atoms with Crippen LogP contribution in [0.3, 0.4) is 0 Å².